The van der Waals surface area contributed by atoms with E-state index in [2.05, 4.69) is 15.7 Å². The van der Waals surface area contributed by atoms with Crippen LogP contribution in [0.2, 0.25) is 0 Å². The molecule has 0 radical (unpaired) electrons. The second kappa shape index (κ2) is 8.13. The molecular weight excluding hydrogens is 396 g/mol. The molecule has 164 valence electrons. The molecular formula is C22H28N6O3. The van der Waals surface area contributed by atoms with E-state index in [0.717, 1.165) is 23.7 Å². The Balaban J connectivity index is 1.44. The highest BCUT2D eigenvalue weighted by Gasteiger charge is 2.29. The number of nitrogens with zero attached hydrogens (tertiary/aromatic N) is 4. The van der Waals surface area contributed by atoms with Crippen molar-refractivity contribution in [2.75, 3.05) is 38.5 Å². The van der Waals surface area contributed by atoms with Crippen molar-refractivity contribution in [2.45, 2.75) is 38.1 Å². The molecule has 2 aliphatic carbocycles. The minimum absolute atomic E-state index is 0.517. The standard InChI is InChI=1S/C22H28N6O3/c1-29-17-8-14(9-18(30-2)19(17)31-3)11-24-22-27-21(23-10-13-4-5-13)26-20-16(15-6-7-15)12-25-28(20)22/h8-9,12-13,15H,4-7,10-11H2,1-3H3,(H2,23,24,26,27). The van der Waals surface area contributed by atoms with Crippen molar-refractivity contribution in [1.29, 1.82) is 0 Å². The van der Waals surface area contributed by atoms with Crippen molar-refractivity contribution in [3.63, 3.8) is 0 Å². The zero-order valence-electron chi connectivity index (χ0n) is 18.1. The molecule has 9 heteroatoms. The van der Waals surface area contributed by atoms with Crippen LogP contribution < -0.4 is 24.8 Å². The first kappa shape index (κ1) is 19.7. The number of hydrogen-bond acceptors (Lipinski definition) is 8. The Kier molecular flexibility index (Phi) is 5.17. The highest BCUT2D eigenvalue weighted by molar-refractivity contribution is 5.58. The fourth-order valence-electron chi connectivity index (χ4n) is 3.75. The summed E-state index contributed by atoms with van der Waals surface area (Å²) in [6.45, 7) is 1.43. The van der Waals surface area contributed by atoms with Gasteiger partial charge in [0.05, 0.1) is 27.5 Å². The van der Waals surface area contributed by atoms with Gasteiger partial charge < -0.3 is 24.8 Å². The van der Waals surface area contributed by atoms with E-state index in [-0.39, 0.29) is 0 Å². The molecule has 2 saturated carbocycles. The Bertz CT molecular complexity index is 1070. The van der Waals surface area contributed by atoms with Gasteiger partial charge >= 0.3 is 0 Å². The number of ether oxygens (including phenoxy) is 3. The Morgan fingerprint density at radius 3 is 2.32 bits per heavy atom. The Hall–Kier alpha value is -3.23. The van der Waals surface area contributed by atoms with Gasteiger partial charge in [-0.3, -0.25) is 0 Å². The minimum Gasteiger partial charge on any atom is -0.493 e. The van der Waals surface area contributed by atoms with Gasteiger partial charge in [0, 0.05) is 18.7 Å². The molecule has 0 spiro atoms. The first-order valence-electron chi connectivity index (χ1n) is 10.7. The van der Waals surface area contributed by atoms with Crippen molar-refractivity contribution < 1.29 is 14.2 Å². The Morgan fingerprint density at radius 2 is 1.71 bits per heavy atom. The van der Waals surface area contributed by atoms with E-state index >= 15 is 0 Å². The van der Waals surface area contributed by atoms with Crippen LogP contribution in [-0.4, -0.2) is 47.5 Å². The first-order valence-corrected chi connectivity index (χ1v) is 10.7. The average molecular weight is 425 g/mol. The van der Waals surface area contributed by atoms with E-state index in [1.165, 1.54) is 31.2 Å². The summed E-state index contributed by atoms with van der Waals surface area (Å²) in [5.74, 6) is 4.42. The molecule has 3 aromatic rings. The third-order valence-corrected chi connectivity index (χ3v) is 5.83. The number of fused-ring (bicyclic) bond motifs is 1. The van der Waals surface area contributed by atoms with Crippen molar-refractivity contribution in [3.05, 3.63) is 29.5 Å². The van der Waals surface area contributed by atoms with Crippen LogP contribution in [0.3, 0.4) is 0 Å². The van der Waals surface area contributed by atoms with Crippen molar-refractivity contribution in [1.82, 2.24) is 19.6 Å². The maximum Gasteiger partial charge on any atom is 0.229 e. The minimum atomic E-state index is 0.517. The Labute approximate surface area is 181 Å². The summed E-state index contributed by atoms with van der Waals surface area (Å²) < 4.78 is 18.2. The molecule has 0 unspecified atom stereocenters. The lowest BCUT2D eigenvalue weighted by Crippen LogP contribution is -2.13. The van der Waals surface area contributed by atoms with Crippen molar-refractivity contribution in [2.24, 2.45) is 5.92 Å². The van der Waals surface area contributed by atoms with Gasteiger partial charge in [-0.1, -0.05) is 0 Å². The maximum atomic E-state index is 5.47. The van der Waals surface area contributed by atoms with E-state index in [1.807, 2.05) is 18.3 Å². The van der Waals surface area contributed by atoms with Crippen LogP contribution >= 0.6 is 0 Å². The van der Waals surface area contributed by atoms with Crippen molar-refractivity contribution >= 4 is 17.5 Å². The molecule has 0 aliphatic heterocycles. The normalized spacial score (nSPS) is 15.7. The fourth-order valence-corrected chi connectivity index (χ4v) is 3.75. The predicted octanol–water partition coefficient (Wildman–Crippen LogP) is 3.46. The second-order valence-corrected chi connectivity index (χ2v) is 8.19. The lowest BCUT2D eigenvalue weighted by Gasteiger charge is -2.15. The van der Waals surface area contributed by atoms with Gasteiger partial charge in [0.15, 0.2) is 17.1 Å². The molecule has 31 heavy (non-hydrogen) atoms. The number of methoxy groups -OCH3 is 3. The largest absolute Gasteiger partial charge is 0.493 e. The molecule has 2 N–H and O–H groups in total. The molecule has 9 nitrogen and oxygen atoms in total. The zero-order chi connectivity index (χ0) is 21.4. The molecule has 2 aliphatic rings. The molecule has 2 aromatic heterocycles. The summed E-state index contributed by atoms with van der Waals surface area (Å²) in [5.41, 5.74) is 3.05. The summed E-state index contributed by atoms with van der Waals surface area (Å²) in [6, 6.07) is 3.86. The van der Waals surface area contributed by atoms with Gasteiger partial charge in [-0.2, -0.15) is 19.6 Å². The van der Waals surface area contributed by atoms with E-state index in [1.54, 1.807) is 25.8 Å². The zero-order valence-corrected chi connectivity index (χ0v) is 18.1. The third kappa shape index (κ3) is 4.04. The van der Waals surface area contributed by atoms with Crippen LogP contribution in [-0.2, 0) is 6.54 Å². The van der Waals surface area contributed by atoms with Crippen LogP contribution in [0, 0.1) is 5.92 Å². The fraction of sp³-hybridized carbons (Fsp3) is 0.500. The van der Waals surface area contributed by atoms with Gasteiger partial charge in [-0.05, 0) is 55.2 Å². The van der Waals surface area contributed by atoms with E-state index in [4.69, 9.17) is 24.2 Å². The number of anilines is 2. The van der Waals surface area contributed by atoms with Crippen LogP contribution in [0.1, 0.15) is 42.7 Å². The quantitative estimate of drug-likeness (QED) is 0.511. The van der Waals surface area contributed by atoms with Gasteiger partial charge in [-0.15, -0.1) is 0 Å². The molecule has 2 heterocycles. The van der Waals surface area contributed by atoms with E-state index in [9.17, 15) is 0 Å². The third-order valence-electron chi connectivity index (χ3n) is 5.83. The first-order chi connectivity index (χ1) is 15.2. The summed E-state index contributed by atoms with van der Waals surface area (Å²) in [6.07, 6.45) is 6.88. The lowest BCUT2D eigenvalue weighted by molar-refractivity contribution is 0.324. The van der Waals surface area contributed by atoms with Gasteiger partial charge in [-0.25, -0.2) is 0 Å². The molecule has 0 bridgehead atoms. The molecule has 2 fully saturated rings. The summed E-state index contributed by atoms with van der Waals surface area (Å²) >= 11 is 0. The van der Waals surface area contributed by atoms with Crippen LogP contribution in [0.15, 0.2) is 18.3 Å². The number of nitrogens with one attached hydrogen (secondary N) is 2. The van der Waals surface area contributed by atoms with Crippen LogP contribution in [0.4, 0.5) is 11.9 Å². The molecule has 5 rings (SSSR count). The van der Waals surface area contributed by atoms with Gasteiger partial charge in [0.1, 0.15) is 0 Å². The van der Waals surface area contributed by atoms with Crippen molar-refractivity contribution in [3.8, 4) is 17.2 Å². The molecule has 0 saturated heterocycles. The number of hydrogen-bond donors (Lipinski definition) is 2. The summed E-state index contributed by atoms with van der Waals surface area (Å²) in [4.78, 5) is 9.48. The smallest absolute Gasteiger partial charge is 0.229 e. The van der Waals surface area contributed by atoms with Crippen LogP contribution in [0.5, 0.6) is 17.2 Å². The monoisotopic (exact) mass is 424 g/mol. The SMILES string of the molecule is COc1cc(CNc2nc(NCC3CC3)nc3c(C4CC4)cnn23)cc(OC)c1OC. The average Bonchev–Trinajstić information content (AvgIpc) is 3.73. The highest BCUT2D eigenvalue weighted by Crippen LogP contribution is 2.42. The van der Waals surface area contributed by atoms with Gasteiger partial charge in [0.25, 0.3) is 0 Å². The van der Waals surface area contributed by atoms with E-state index < -0.39 is 0 Å². The van der Waals surface area contributed by atoms with Crippen LogP contribution in [0.25, 0.3) is 5.65 Å². The summed E-state index contributed by atoms with van der Waals surface area (Å²) in [5, 5.41) is 11.4. The number of benzene rings is 1. The lowest BCUT2D eigenvalue weighted by atomic mass is 10.2. The Morgan fingerprint density at radius 1 is 0.968 bits per heavy atom. The molecule has 1 aromatic carbocycles. The second-order valence-electron chi connectivity index (χ2n) is 8.19. The number of rotatable bonds is 10. The maximum absolute atomic E-state index is 5.47. The topological polar surface area (TPSA) is 94.8 Å². The predicted molar refractivity (Wildman–Crippen MR) is 117 cm³/mol. The molecule has 0 amide bonds. The summed E-state index contributed by atoms with van der Waals surface area (Å²) in [7, 11) is 4.83. The highest BCUT2D eigenvalue weighted by atomic mass is 16.5. The van der Waals surface area contributed by atoms with E-state index in [0.29, 0.717) is 41.6 Å². The number of aromatic nitrogens is 4. The molecule has 0 atom stereocenters. The van der Waals surface area contributed by atoms with Gasteiger partial charge in [0.2, 0.25) is 17.6 Å².